The number of halogens is 3. The zero-order chi connectivity index (χ0) is 11.5. The van der Waals surface area contributed by atoms with Gasteiger partial charge in [0.05, 0.1) is 5.69 Å². The van der Waals surface area contributed by atoms with Crippen LogP contribution < -0.4 is 5.32 Å². The first kappa shape index (κ1) is 12.0. The molecule has 5 heteroatoms. The maximum absolute atomic E-state index is 5.88. The van der Waals surface area contributed by atoms with Crippen molar-refractivity contribution in [1.29, 1.82) is 0 Å². The molecule has 1 N–H and O–H groups in total. The monoisotopic (exact) mass is 364 g/mol. The highest BCUT2D eigenvalue weighted by molar-refractivity contribution is 14.1. The first-order valence-electron chi connectivity index (χ1n) is 4.50. The van der Waals surface area contributed by atoms with Crippen LogP contribution >= 0.6 is 45.8 Å². The van der Waals surface area contributed by atoms with Crippen molar-refractivity contribution in [3.63, 3.8) is 0 Å². The SMILES string of the molecule is Clc1ccc(Nc2cccc(Cl)n2)c(I)c1. The van der Waals surface area contributed by atoms with E-state index in [9.17, 15) is 0 Å². The van der Waals surface area contributed by atoms with E-state index in [1.165, 1.54) is 0 Å². The zero-order valence-corrected chi connectivity index (χ0v) is 11.7. The Hall–Kier alpha value is -0.520. The summed E-state index contributed by atoms with van der Waals surface area (Å²) in [6.07, 6.45) is 0. The van der Waals surface area contributed by atoms with Crippen LogP contribution in [0.1, 0.15) is 0 Å². The molecule has 0 spiro atoms. The third-order valence-electron chi connectivity index (χ3n) is 1.91. The molecule has 0 saturated heterocycles. The molecular formula is C11H7Cl2IN2. The van der Waals surface area contributed by atoms with Gasteiger partial charge in [-0.05, 0) is 52.9 Å². The molecule has 16 heavy (non-hydrogen) atoms. The van der Waals surface area contributed by atoms with Crippen molar-refractivity contribution in [3.8, 4) is 0 Å². The van der Waals surface area contributed by atoms with Gasteiger partial charge in [-0.2, -0.15) is 0 Å². The van der Waals surface area contributed by atoms with Crippen molar-refractivity contribution >= 4 is 57.3 Å². The van der Waals surface area contributed by atoms with Crippen molar-refractivity contribution in [1.82, 2.24) is 4.98 Å². The van der Waals surface area contributed by atoms with E-state index in [0.717, 1.165) is 9.26 Å². The molecule has 0 saturated carbocycles. The Balaban J connectivity index is 2.27. The minimum Gasteiger partial charge on any atom is -0.339 e. The lowest BCUT2D eigenvalue weighted by Gasteiger charge is -2.08. The number of hydrogen-bond acceptors (Lipinski definition) is 2. The molecule has 1 heterocycles. The number of anilines is 2. The van der Waals surface area contributed by atoms with E-state index in [2.05, 4.69) is 32.9 Å². The molecular weight excluding hydrogens is 358 g/mol. The summed E-state index contributed by atoms with van der Waals surface area (Å²) in [5, 5.41) is 4.36. The van der Waals surface area contributed by atoms with Gasteiger partial charge in [-0.15, -0.1) is 0 Å². The molecule has 2 aromatic rings. The fraction of sp³-hybridized carbons (Fsp3) is 0. The summed E-state index contributed by atoms with van der Waals surface area (Å²) < 4.78 is 1.03. The van der Waals surface area contributed by atoms with Gasteiger partial charge in [0.2, 0.25) is 0 Å². The fourth-order valence-electron chi connectivity index (χ4n) is 1.21. The molecule has 0 amide bonds. The fourth-order valence-corrected chi connectivity index (χ4v) is 2.38. The maximum atomic E-state index is 5.88. The van der Waals surface area contributed by atoms with Crippen molar-refractivity contribution in [3.05, 3.63) is 50.1 Å². The lowest BCUT2D eigenvalue weighted by Crippen LogP contribution is -1.95. The van der Waals surface area contributed by atoms with Gasteiger partial charge >= 0.3 is 0 Å². The predicted molar refractivity (Wildman–Crippen MR) is 76.7 cm³/mol. The van der Waals surface area contributed by atoms with Crippen molar-refractivity contribution in [2.75, 3.05) is 5.32 Å². The minimum atomic E-state index is 0.467. The van der Waals surface area contributed by atoms with Gasteiger partial charge in [0.1, 0.15) is 11.0 Å². The Morgan fingerprint density at radius 1 is 1.12 bits per heavy atom. The molecule has 82 valence electrons. The second-order valence-corrected chi connectivity index (χ2v) is 5.08. The average Bonchev–Trinajstić information content (AvgIpc) is 2.22. The molecule has 1 aromatic heterocycles. The van der Waals surface area contributed by atoms with Crippen LogP contribution in [-0.2, 0) is 0 Å². The second-order valence-electron chi connectivity index (χ2n) is 3.09. The molecule has 2 rings (SSSR count). The van der Waals surface area contributed by atoms with Crippen LogP contribution in [0.5, 0.6) is 0 Å². The van der Waals surface area contributed by atoms with Gasteiger partial charge < -0.3 is 5.32 Å². The van der Waals surface area contributed by atoms with Gasteiger partial charge in [0, 0.05) is 8.59 Å². The first-order chi connectivity index (χ1) is 7.65. The molecule has 0 aliphatic rings. The predicted octanol–water partition coefficient (Wildman–Crippen LogP) is 4.74. The zero-order valence-electron chi connectivity index (χ0n) is 8.05. The molecule has 2 nitrogen and oxygen atoms in total. The van der Waals surface area contributed by atoms with E-state index in [0.29, 0.717) is 16.0 Å². The van der Waals surface area contributed by atoms with E-state index in [1.54, 1.807) is 6.07 Å². The van der Waals surface area contributed by atoms with Crippen LogP contribution in [0.25, 0.3) is 0 Å². The van der Waals surface area contributed by atoms with Gasteiger partial charge in [0.25, 0.3) is 0 Å². The number of nitrogens with one attached hydrogen (secondary N) is 1. The molecule has 0 radical (unpaired) electrons. The quantitative estimate of drug-likeness (QED) is 0.615. The van der Waals surface area contributed by atoms with Gasteiger partial charge in [-0.3, -0.25) is 0 Å². The summed E-state index contributed by atoms with van der Waals surface area (Å²) in [7, 11) is 0. The van der Waals surface area contributed by atoms with Crippen molar-refractivity contribution in [2.24, 2.45) is 0 Å². The van der Waals surface area contributed by atoms with Crippen LogP contribution in [0.15, 0.2) is 36.4 Å². The number of pyridine rings is 1. The number of benzene rings is 1. The Labute approximate surface area is 117 Å². The van der Waals surface area contributed by atoms with Gasteiger partial charge in [-0.25, -0.2) is 4.98 Å². The van der Waals surface area contributed by atoms with E-state index in [-0.39, 0.29) is 0 Å². The molecule has 0 aliphatic heterocycles. The highest BCUT2D eigenvalue weighted by atomic mass is 127. The second kappa shape index (κ2) is 5.21. The topological polar surface area (TPSA) is 24.9 Å². The lowest BCUT2D eigenvalue weighted by atomic mass is 10.3. The van der Waals surface area contributed by atoms with Crippen LogP contribution in [-0.4, -0.2) is 4.98 Å². The summed E-state index contributed by atoms with van der Waals surface area (Å²) >= 11 is 13.9. The number of rotatable bonds is 2. The van der Waals surface area contributed by atoms with Crippen molar-refractivity contribution < 1.29 is 0 Å². The molecule has 1 aromatic carbocycles. The molecule has 0 unspecified atom stereocenters. The highest BCUT2D eigenvalue weighted by Crippen LogP contribution is 2.25. The molecule has 0 fully saturated rings. The minimum absolute atomic E-state index is 0.467. The first-order valence-corrected chi connectivity index (χ1v) is 6.33. The summed E-state index contributed by atoms with van der Waals surface area (Å²) in [6, 6.07) is 11.1. The average molecular weight is 365 g/mol. The summed E-state index contributed by atoms with van der Waals surface area (Å²) in [6.45, 7) is 0. The summed E-state index contributed by atoms with van der Waals surface area (Å²) in [5.74, 6) is 0.715. The Bertz CT molecular complexity index is 517. The van der Waals surface area contributed by atoms with Crippen LogP contribution in [0, 0.1) is 3.57 Å². The van der Waals surface area contributed by atoms with E-state index >= 15 is 0 Å². The number of aromatic nitrogens is 1. The number of hydrogen-bond donors (Lipinski definition) is 1. The third-order valence-corrected chi connectivity index (χ3v) is 3.25. The van der Waals surface area contributed by atoms with Gasteiger partial charge in [-0.1, -0.05) is 29.3 Å². The Kier molecular flexibility index (Phi) is 3.89. The van der Waals surface area contributed by atoms with Crippen LogP contribution in [0.4, 0.5) is 11.5 Å². The third kappa shape index (κ3) is 2.99. The lowest BCUT2D eigenvalue weighted by molar-refractivity contribution is 1.30. The highest BCUT2D eigenvalue weighted by Gasteiger charge is 2.02. The molecule has 0 atom stereocenters. The molecule has 0 aliphatic carbocycles. The maximum Gasteiger partial charge on any atom is 0.132 e. The Morgan fingerprint density at radius 3 is 2.62 bits per heavy atom. The van der Waals surface area contributed by atoms with E-state index in [1.807, 2.05) is 30.3 Å². The Morgan fingerprint density at radius 2 is 1.94 bits per heavy atom. The molecule has 0 bridgehead atoms. The van der Waals surface area contributed by atoms with Crippen molar-refractivity contribution in [2.45, 2.75) is 0 Å². The standard InChI is InChI=1S/C11H7Cl2IN2/c12-7-4-5-9(8(14)6-7)15-11-3-1-2-10(13)16-11/h1-6H,(H,15,16). The number of nitrogens with zero attached hydrogens (tertiary/aromatic N) is 1. The van der Waals surface area contributed by atoms with E-state index in [4.69, 9.17) is 23.2 Å². The van der Waals surface area contributed by atoms with Crippen LogP contribution in [0.2, 0.25) is 10.2 Å². The van der Waals surface area contributed by atoms with Gasteiger partial charge in [0.15, 0.2) is 0 Å². The van der Waals surface area contributed by atoms with Crippen LogP contribution in [0.3, 0.4) is 0 Å². The smallest absolute Gasteiger partial charge is 0.132 e. The normalized spacial score (nSPS) is 10.2. The largest absolute Gasteiger partial charge is 0.339 e. The summed E-state index contributed by atoms with van der Waals surface area (Å²) in [4.78, 5) is 4.15. The van der Waals surface area contributed by atoms with E-state index < -0.39 is 0 Å². The summed E-state index contributed by atoms with van der Waals surface area (Å²) in [5.41, 5.74) is 0.958.